The fraction of sp³-hybridized carbons (Fsp3) is 0.583. The van der Waals surface area contributed by atoms with Crippen molar-refractivity contribution in [3.63, 3.8) is 0 Å². The van der Waals surface area contributed by atoms with E-state index >= 15 is 0 Å². The molecule has 1 aliphatic carbocycles. The molecule has 0 N–H and O–H groups in total. The Kier molecular flexibility index (Phi) is 6.42. The summed E-state index contributed by atoms with van der Waals surface area (Å²) in [6, 6.07) is 7.55. The molecule has 4 rings (SSSR count). The van der Waals surface area contributed by atoms with Crippen LogP contribution in [0.1, 0.15) is 51.0 Å². The number of hydrogen-bond acceptors (Lipinski definition) is 5. The topological polar surface area (TPSA) is 53.1 Å². The lowest BCUT2D eigenvalue weighted by Crippen LogP contribution is -2.48. The van der Waals surface area contributed by atoms with Crippen LogP contribution in [0.4, 0.5) is 0 Å². The molecule has 6 nitrogen and oxygen atoms in total. The summed E-state index contributed by atoms with van der Waals surface area (Å²) in [7, 11) is 1.63. The maximum Gasteiger partial charge on any atom is 0.278 e. The van der Waals surface area contributed by atoms with E-state index in [1.165, 1.54) is 12.8 Å². The second kappa shape index (κ2) is 9.21. The molecule has 2 amide bonds. The first kappa shape index (κ1) is 20.9. The van der Waals surface area contributed by atoms with Crippen LogP contribution >= 0.6 is 0 Å². The van der Waals surface area contributed by atoms with Gasteiger partial charge in [0.15, 0.2) is 0 Å². The smallest absolute Gasteiger partial charge is 0.278 e. The number of piperazine rings is 1. The molecule has 162 valence electrons. The third-order valence-electron chi connectivity index (χ3n) is 6.80. The van der Waals surface area contributed by atoms with Gasteiger partial charge in [0.05, 0.1) is 12.7 Å². The largest absolute Gasteiger partial charge is 0.497 e. The average Bonchev–Trinajstić information content (AvgIpc) is 2.95. The fourth-order valence-corrected chi connectivity index (χ4v) is 4.98. The molecule has 0 spiro atoms. The summed E-state index contributed by atoms with van der Waals surface area (Å²) in [4.78, 5) is 33.4. The summed E-state index contributed by atoms with van der Waals surface area (Å²) < 4.78 is 5.28. The second-order valence-corrected chi connectivity index (χ2v) is 8.50. The highest BCUT2D eigenvalue weighted by Crippen LogP contribution is 2.36. The molecule has 1 aromatic rings. The van der Waals surface area contributed by atoms with Gasteiger partial charge in [0.1, 0.15) is 11.4 Å². The highest BCUT2D eigenvalue weighted by Gasteiger charge is 2.45. The van der Waals surface area contributed by atoms with Gasteiger partial charge >= 0.3 is 0 Å². The molecular weight excluding hydrogens is 378 g/mol. The Morgan fingerprint density at radius 3 is 2.10 bits per heavy atom. The molecule has 30 heavy (non-hydrogen) atoms. The summed E-state index contributed by atoms with van der Waals surface area (Å²) in [5.74, 6) is 0.530. The molecule has 2 aliphatic heterocycles. The van der Waals surface area contributed by atoms with Crippen molar-refractivity contribution >= 4 is 17.4 Å². The maximum absolute atomic E-state index is 13.7. The number of amides is 2. The molecule has 0 radical (unpaired) electrons. The zero-order valence-electron chi connectivity index (χ0n) is 18.2. The molecule has 2 heterocycles. The number of carbonyl (C=O) groups excluding carboxylic acids is 2. The first-order chi connectivity index (χ1) is 14.6. The van der Waals surface area contributed by atoms with Crippen molar-refractivity contribution in [3.05, 3.63) is 35.5 Å². The first-order valence-corrected chi connectivity index (χ1v) is 11.4. The van der Waals surface area contributed by atoms with Gasteiger partial charge in [-0.25, -0.2) is 0 Å². The van der Waals surface area contributed by atoms with Crippen molar-refractivity contribution in [2.75, 3.05) is 39.8 Å². The predicted octanol–water partition coefficient (Wildman–Crippen LogP) is 3.14. The zero-order chi connectivity index (χ0) is 21.1. The number of imide groups is 1. The van der Waals surface area contributed by atoms with Crippen LogP contribution < -0.4 is 4.74 Å². The van der Waals surface area contributed by atoms with E-state index in [0.717, 1.165) is 69.7 Å². The Hall–Kier alpha value is -2.34. The van der Waals surface area contributed by atoms with Crippen LogP contribution in [0, 0.1) is 0 Å². The summed E-state index contributed by atoms with van der Waals surface area (Å²) in [6.07, 6.45) is 6.40. The van der Waals surface area contributed by atoms with Crippen LogP contribution in [0.25, 0.3) is 5.57 Å². The monoisotopic (exact) mass is 411 g/mol. The van der Waals surface area contributed by atoms with Crippen molar-refractivity contribution in [1.29, 1.82) is 0 Å². The van der Waals surface area contributed by atoms with E-state index in [0.29, 0.717) is 11.3 Å². The summed E-state index contributed by atoms with van der Waals surface area (Å²) >= 11 is 0. The van der Waals surface area contributed by atoms with Crippen molar-refractivity contribution < 1.29 is 14.3 Å². The van der Waals surface area contributed by atoms with Crippen LogP contribution in [0.15, 0.2) is 30.0 Å². The number of methoxy groups -OCH3 is 1. The van der Waals surface area contributed by atoms with Gasteiger partial charge in [-0.3, -0.25) is 14.5 Å². The Balaban J connectivity index is 1.69. The van der Waals surface area contributed by atoms with Gasteiger partial charge in [-0.15, -0.1) is 0 Å². The summed E-state index contributed by atoms with van der Waals surface area (Å²) in [6.45, 7) is 6.57. The van der Waals surface area contributed by atoms with Crippen LogP contribution in [-0.4, -0.2) is 72.4 Å². The van der Waals surface area contributed by atoms with Gasteiger partial charge in [0, 0.05) is 32.2 Å². The van der Waals surface area contributed by atoms with Gasteiger partial charge in [0.25, 0.3) is 11.8 Å². The lowest BCUT2D eigenvalue weighted by atomic mass is 10.0. The van der Waals surface area contributed by atoms with Gasteiger partial charge < -0.3 is 14.5 Å². The molecular formula is C24H33N3O3. The lowest BCUT2D eigenvalue weighted by Gasteiger charge is -2.36. The lowest BCUT2D eigenvalue weighted by molar-refractivity contribution is -0.140. The van der Waals surface area contributed by atoms with Crippen LogP contribution in [-0.2, 0) is 9.59 Å². The number of benzene rings is 1. The number of carbonyl (C=O) groups is 2. The number of likely N-dealkylation sites (N-methyl/N-ethyl adjacent to an activating group) is 1. The van der Waals surface area contributed by atoms with E-state index < -0.39 is 0 Å². The van der Waals surface area contributed by atoms with Gasteiger partial charge in [-0.2, -0.15) is 0 Å². The quantitative estimate of drug-likeness (QED) is 0.550. The van der Waals surface area contributed by atoms with Crippen LogP contribution in [0.3, 0.4) is 0 Å². The Morgan fingerprint density at radius 2 is 1.53 bits per heavy atom. The van der Waals surface area contributed by atoms with E-state index in [1.54, 1.807) is 12.0 Å². The minimum absolute atomic E-state index is 0.0233. The molecule has 2 fully saturated rings. The Bertz CT molecular complexity index is 801. The molecule has 0 unspecified atom stereocenters. The molecule has 1 saturated carbocycles. The normalized spacial score (nSPS) is 22.1. The third kappa shape index (κ3) is 3.97. The predicted molar refractivity (Wildman–Crippen MR) is 117 cm³/mol. The van der Waals surface area contributed by atoms with Crippen LogP contribution in [0.5, 0.6) is 5.75 Å². The SMILES string of the molecule is CCN1CCN(C2=C(c3ccc(OC)cc3)C(=O)N(C3CCCCCC3)C2=O)CC1. The van der Waals surface area contributed by atoms with Crippen molar-refractivity contribution in [2.45, 2.75) is 51.5 Å². The van der Waals surface area contributed by atoms with Crippen molar-refractivity contribution in [2.24, 2.45) is 0 Å². The number of ether oxygens (including phenoxy) is 1. The highest BCUT2D eigenvalue weighted by molar-refractivity contribution is 6.35. The standard InChI is InChI=1S/C24H33N3O3/c1-3-25-14-16-26(17-15-25)22-21(18-10-12-20(30-2)13-11-18)23(28)27(24(22)29)19-8-6-4-5-7-9-19/h10-13,19H,3-9,14-17H2,1-2H3. The van der Waals surface area contributed by atoms with E-state index in [-0.39, 0.29) is 17.9 Å². The maximum atomic E-state index is 13.7. The minimum atomic E-state index is -0.120. The molecule has 0 aromatic heterocycles. The summed E-state index contributed by atoms with van der Waals surface area (Å²) in [5.41, 5.74) is 1.97. The fourth-order valence-electron chi connectivity index (χ4n) is 4.98. The van der Waals surface area contributed by atoms with Crippen molar-refractivity contribution in [1.82, 2.24) is 14.7 Å². The average molecular weight is 412 g/mol. The van der Waals surface area contributed by atoms with Gasteiger partial charge in [-0.05, 0) is 37.1 Å². The third-order valence-corrected chi connectivity index (χ3v) is 6.80. The summed E-state index contributed by atoms with van der Waals surface area (Å²) in [5, 5.41) is 0. The van der Waals surface area contributed by atoms with E-state index in [1.807, 2.05) is 24.3 Å². The number of rotatable bonds is 5. The molecule has 1 aromatic carbocycles. The van der Waals surface area contributed by atoms with Gasteiger partial charge in [-0.1, -0.05) is 44.7 Å². The Morgan fingerprint density at radius 1 is 0.900 bits per heavy atom. The van der Waals surface area contributed by atoms with E-state index in [2.05, 4.69) is 16.7 Å². The van der Waals surface area contributed by atoms with E-state index in [9.17, 15) is 9.59 Å². The van der Waals surface area contributed by atoms with Crippen molar-refractivity contribution in [3.8, 4) is 5.75 Å². The molecule has 6 heteroatoms. The first-order valence-electron chi connectivity index (χ1n) is 11.4. The van der Waals surface area contributed by atoms with Crippen LogP contribution in [0.2, 0.25) is 0 Å². The number of nitrogens with zero attached hydrogens (tertiary/aromatic N) is 3. The minimum Gasteiger partial charge on any atom is -0.497 e. The number of hydrogen-bond donors (Lipinski definition) is 0. The second-order valence-electron chi connectivity index (χ2n) is 8.50. The molecule has 0 atom stereocenters. The van der Waals surface area contributed by atoms with E-state index in [4.69, 9.17) is 4.74 Å². The molecule has 0 bridgehead atoms. The highest BCUT2D eigenvalue weighted by atomic mass is 16.5. The molecule has 3 aliphatic rings. The zero-order valence-corrected chi connectivity index (χ0v) is 18.2. The van der Waals surface area contributed by atoms with Gasteiger partial charge in [0.2, 0.25) is 0 Å². The Labute approximate surface area is 179 Å². The molecule has 1 saturated heterocycles.